The molecule has 124 valence electrons. The quantitative estimate of drug-likeness (QED) is 0.846. The summed E-state index contributed by atoms with van der Waals surface area (Å²) in [6, 6.07) is 1.99. The van der Waals surface area contributed by atoms with Crippen molar-refractivity contribution in [2.24, 2.45) is 5.92 Å². The van der Waals surface area contributed by atoms with Crippen LogP contribution in [0.2, 0.25) is 0 Å². The molecule has 2 aliphatic heterocycles. The summed E-state index contributed by atoms with van der Waals surface area (Å²) in [7, 11) is 0. The highest BCUT2D eigenvalue weighted by Gasteiger charge is 2.31. The van der Waals surface area contributed by atoms with Gasteiger partial charge in [0.1, 0.15) is 5.82 Å². The average Bonchev–Trinajstić information content (AvgIpc) is 3.08. The monoisotopic (exact) mass is 315 g/mol. The van der Waals surface area contributed by atoms with E-state index < -0.39 is 0 Å². The van der Waals surface area contributed by atoms with Crippen LogP contribution in [0.15, 0.2) is 12.3 Å². The molecule has 1 aromatic rings. The van der Waals surface area contributed by atoms with Gasteiger partial charge in [-0.25, -0.2) is 4.98 Å². The predicted octanol–water partition coefficient (Wildman–Crippen LogP) is 1.53. The highest BCUT2D eigenvalue weighted by Crippen LogP contribution is 2.29. The second kappa shape index (κ2) is 6.34. The minimum Gasteiger partial charge on any atom is -0.353 e. The largest absolute Gasteiger partial charge is 0.353 e. The van der Waals surface area contributed by atoms with Gasteiger partial charge in [-0.2, -0.15) is 4.98 Å². The third-order valence-electron chi connectivity index (χ3n) is 5.39. The number of aromatic nitrogens is 2. The third-order valence-corrected chi connectivity index (χ3v) is 5.39. The van der Waals surface area contributed by atoms with Crippen molar-refractivity contribution in [2.45, 2.75) is 32.1 Å². The van der Waals surface area contributed by atoms with Crippen LogP contribution in [-0.2, 0) is 4.79 Å². The third kappa shape index (κ3) is 2.99. The molecule has 6 nitrogen and oxygen atoms in total. The number of hydrogen-bond acceptors (Lipinski definition) is 5. The van der Waals surface area contributed by atoms with Crippen molar-refractivity contribution in [2.75, 3.05) is 49.1 Å². The van der Waals surface area contributed by atoms with Gasteiger partial charge in [-0.3, -0.25) is 4.79 Å². The number of amides is 1. The molecule has 0 radical (unpaired) electrons. The summed E-state index contributed by atoms with van der Waals surface area (Å²) >= 11 is 0. The normalized spacial score (nSPS) is 22.3. The van der Waals surface area contributed by atoms with E-state index in [0.29, 0.717) is 11.8 Å². The number of nitrogens with zero attached hydrogens (tertiary/aromatic N) is 5. The molecule has 0 N–H and O–H groups in total. The molecule has 3 fully saturated rings. The smallest absolute Gasteiger partial charge is 0.227 e. The van der Waals surface area contributed by atoms with Gasteiger partial charge in [-0.15, -0.1) is 0 Å². The molecular formula is C17H25N5O. The Balaban J connectivity index is 1.38. The standard InChI is InChI=1S/C17H25N5O/c23-16(14-4-3-5-14)21-12-10-20(11-13-21)15-6-7-18-17(19-15)22-8-1-2-9-22/h6-7,14H,1-5,8-13H2. The maximum atomic E-state index is 12.3. The Morgan fingerprint density at radius 2 is 1.70 bits per heavy atom. The Morgan fingerprint density at radius 3 is 2.35 bits per heavy atom. The van der Waals surface area contributed by atoms with Crippen molar-refractivity contribution in [3.05, 3.63) is 12.3 Å². The van der Waals surface area contributed by atoms with E-state index >= 15 is 0 Å². The van der Waals surface area contributed by atoms with Crippen molar-refractivity contribution in [1.82, 2.24) is 14.9 Å². The molecule has 3 aliphatic rings. The summed E-state index contributed by atoms with van der Waals surface area (Å²) in [6.07, 6.45) is 7.72. The molecule has 2 saturated heterocycles. The highest BCUT2D eigenvalue weighted by atomic mass is 16.2. The van der Waals surface area contributed by atoms with Gasteiger partial charge in [0.15, 0.2) is 0 Å². The second-order valence-electron chi connectivity index (χ2n) is 6.85. The van der Waals surface area contributed by atoms with Crippen molar-refractivity contribution < 1.29 is 4.79 Å². The Kier molecular flexibility index (Phi) is 4.06. The molecule has 0 spiro atoms. The summed E-state index contributed by atoms with van der Waals surface area (Å²) in [5.41, 5.74) is 0. The minimum atomic E-state index is 0.308. The van der Waals surface area contributed by atoms with Gasteiger partial charge in [0.05, 0.1) is 0 Å². The Morgan fingerprint density at radius 1 is 0.957 bits per heavy atom. The molecule has 0 atom stereocenters. The first kappa shape index (κ1) is 14.7. The fourth-order valence-electron chi connectivity index (χ4n) is 3.65. The van der Waals surface area contributed by atoms with Crippen molar-refractivity contribution in [3.8, 4) is 0 Å². The van der Waals surface area contributed by atoms with Gasteiger partial charge < -0.3 is 14.7 Å². The van der Waals surface area contributed by atoms with Crippen LogP contribution >= 0.6 is 0 Å². The summed E-state index contributed by atoms with van der Waals surface area (Å²) in [5.74, 6) is 2.53. The topological polar surface area (TPSA) is 52.6 Å². The molecule has 1 aromatic heterocycles. The molecular weight excluding hydrogens is 290 g/mol. The molecule has 1 amide bonds. The molecule has 0 aromatic carbocycles. The number of hydrogen-bond donors (Lipinski definition) is 0. The predicted molar refractivity (Wildman–Crippen MR) is 89.6 cm³/mol. The van der Waals surface area contributed by atoms with Crippen LogP contribution < -0.4 is 9.80 Å². The lowest BCUT2D eigenvalue weighted by molar-refractivity contribution is -0.138. The summed E-state index contributed by atoms with van der Waals surface area (Å²) in [6.45, 7) is 5.50. The first-order chi connectivity index (χ1) is 11.3. The van der Waals surface area contributed by atoms with Crippen LogP contribution in [0.4, 0.5) is 11.8 Å². The van der Waals surface area contributed by atoms with Gasteiger partial charge in [-0.05, 0) is 31.7 Å². The van der Waals surface area contributed by atoms with Crippen molar-refractivity contribution in [1.29, 1.82) is 0 Å². The Hall–Kier alpha value is -1.85. The number of carbonyl (C=O) groups is 1. The molecule has 1 aliphatic carbocycles. The molecule has 6 heteroatoms. The second-order valence-corrected chi connectivity index (χ2v) is 6.85. The van der Waals surface area contributed by atoms with Crippen molar-refractivity contribution in [3.63, 3.8) is 0 Å². The van der Waals surface area contributed by atoms with Crippen LogP contribution in [0.1, 0.15) is 32.1 Å². The fraction of sp³-hybridized carbons (Fsp3) is 0.706. The zero-order valence-corrected chi connectivity index (χ0v) is 13.7. The Labute approximate surface area is 137 Å². The number of carbonyl (C=O) groups excluding carboxylic acids is 1. The Bertz CT molecular complexity index is 560. The number of rotatable bonds is 3. The lowest BCUT2D eigenvalue weighted by Crippen LogP contribution is -2.51. The zero-order chi connectivity index (χ0) is 15.6. The van der Waals surface area contributed by atoms with E-state index in [1.54, 1.807) is 0 Å². The van der Waals surface area contributed by atoms with Gasteiger partial charge in [0.25, 0.3) is 0 Å². The molecule has 3 heterocycles. The van der Waals surface area contributed by atoms with Crippen LogP contribution in [0, 0.1) is 5.92 Å². The van der Waals surface area contributed by atoms with Gasteiger partial charge >= 0.3 is 0 Å². The number of piperazine rings is 1. The summed E-state index contributed by atoms with van der Waals surface area (Å²) < 4.78 is 0. The first-order valence-corrected chi connectivity index (χ1v) is 8.93. The summed E-state index contributed by atoms with van der Waals surface area (Å²) in [4.78, 5) is 28.1. The fourth-order valence-corrected chi connectivity index (χ4v) is 3.65. The zero-order valence-electron chi connectivity index (χ0n) is 13.7. The summed E-state index contributed by atoms with van der Waals surface area (Å²) in [5, 5.41) is 0. The maximum Gasteiger partial charge on any atom is 0.227 e. The molecule has 23 heavy (non-hydrogen) atoms. The van der Waals surface area contributed by atoms with E-state index in [4.69, 9.17) is 4.98 Å². The average molecular weight is 315 g/mol. The maximum absolute atomic E-state index is 12.3. The van der Waals surface area contributed by atoms with E-state index in [2.05, 4.69) is 14.8 Å². The number of anilines is 2. The highest BCUT2D eigenvalue weighted by molar-refractivity contribution is 5.79. The van der Waals surface area contributed by atoms with Gasteiger partial charge in [0, 0.05) is 51.4 Å². The van der Waals surface area contributed by atoms with Crippen LogP contribution in [0.25, 0.3) is 0 Å². The van der Waals surface area contributed by atoms with E-state index in [1.165, 1.54) is 19.3 Å². The van der Waals surface area contributed by atoms with Crippen LogP contribution in [0.3, 0.4) is 0 Å². The van der Waals surface area contributed by atoms with Crippen molar-refractivity contribution >= 4 is 17.7 Å². The lowest BCUT2D eigenvalue weighted by atomic mass is 9.84. The molecule has 1 saturated carbocycles. The van der Waals surface area contributed by atoms with E-state index in [9.17, 15) is 4.79 Å². The van der Waals surface area contributed by atoms with E-state index in [-0.39, 0.29) is 0 Å². The molecule has 0 bridgehead atoms. The van der Waals surface area contributed by atoms with Crippen LogP contribution in [-0.4, -0.2) is 60.0 Å². The van der Waals surface area contributed by atoms with Gasteiger partial charge in [-0.1, -0.05) is 6.42 Å². The van der Waals surface area contributed by atoms with E-state index in [1.807, 2.05) is 17.2 Å². The van der Waals surface area contributed by atoms with Gasteiger partial charge in [0.2, 0.25) is 11.9 Å². The molecule has 0 unspecified atom stereocenters. The van der Waals surface area contributed by atoms with E-state index in [0.717, 1.165) is 63.9 Å². The SMILES string of the molecule is O=C(C1CCC1)N1CCN(c2ccnc(N3CCCC3)n2)CC1. The lowest BCUT2D eigenvalue weighted by Gasteiger charge is -2.38. The van der Waals surface area contributed by atoms with Crippen LogP contribution in [0.5, 0.6) is 0 Å². The first-order valence-electron chi connectivity index (χ1n) is 8.93. The molecule has 4 rings (SSSR count). The minimum absolute atomic E-state index is 0.308.